The van der Waals surface area contributed by atoms with Crippen LogP contribution in [-0.2, 0) is 24.4 Å². The molecule has 7 atom stereocenters. The molecule has 0 radical (unpaired) electrons. The van der Waals surface area contributed by atoms with Crippen LogP contribution in [0.25, 0.3) is 10.8 Å². The van der Waals surface area contributed by atoms with Gasteiger partial charge in [-0.15, -0.1) is 0 Å². The molecule has 6 rings (SSSR count). The molecule has 1 aromatic heterocycles. The molecule has 4 amide bonds. The number of ether oxygens (including phenoxy) is 3. The number of fused-ring (bicyclic) bond motifs is 3. The lowest BCUT2D eigenvalue weighted by Gasteiger charge is -2.32. The van der Waals surface area contributed by atoms with Gasteiger partial charge in [-0.2, -0.15) is 4.98 Å². The number of rotatable bonds is 9. The number of amides is 4. The Morgan fingerprint density at radius 2 is 1.91 bits per heavy atom. The molecule has 2 aliphatic carbocycles. The Labute approximate surface area is 309 Å². The first-order chi connectivity index (χ1) is 25.1. The third-order valence-corrected chi connectivity index (χ3v) is 13.2. The summed E-state index contributed by atoms with van der Waals surface area (Å²) in [5.74, 6) is -1.77. The standard InChI is InChI=1S/C37H49N5O10S/c1-6-51-29-17-23-16-25(50-5)11-12-27(23)32(38-29)52-26-18-28-31(43)40-37(34(45)41-53(48,49)36(4)13-14-36)19-24(37)10-8-7-9-21(2)15-22(3)30(39-35(46)47)33(44)42(28)20-26/h8,10-12,16-17,21-22,24,26,28,30,39H,6-7,9,13-15,18-20H2,1-5H3,(H,40,43)(H,41,45)(H,46,47)/b10-8-/t21-,22+,24+,26+,28-,30-,37+/m0/s1. The van der Waals surface area contributed by atoms with Gasteiger partial charge in [-0.1, -0.05) is 26.0 Å². The number of allylic oxidation sites excluding steroid dienone is 1. The highest BCUT2D eigenvalue weighted by Gasteiger charge is 2.63. The van der Waals surface area contributed by atoms with Gasteiger partial charge in [-0.3, -0.25) is 19.1 Å². The number of nitrogens with one attached hydrogen (secondary N) is 3. The molecule has 4 N–H and O–H groups in total. The number of carboxylic acid groups (broad SMARTS) is 1. The lowest BCUT2D eigenvalue weighted by molar-refractivity contribution is -0.142. The van der Waals surface area contributed by atoms with Gasteiger partial charge >= 0.3 is 6.09 Å². The molecule has 16 heteroatoms. The molecule has 15 nitrogen and oxygen atoms in total. The van der Waals surface area contributed by atoms with Gasteiger partial charge in [-0.25, -0.2) is 13.2 Å². The Bertz CT molecular complexity index is 1920. The van der Waals surface area contributed by atoms with Gasteiger partial charge in [0.15, 0.2) is 0 Å². The highest BCUT2D eigenvalue weighted by atomic mass is 32.2. The number of pyridine rings is 1. The third kappa shape index (κ3) is 7.87. The van der Waals surface area contributed by atoms with E-state index in [0.717, 1.165) is 11.8 Å². The lowest BCUT2D eigenvalue weighted by Crippen LogP contribution is -2.59. The number of hydrogen-bond donors (Lipinski definition) is 4. The molecule has 0 spiro atoms. The number of methoxy groups -OCH3 is 1. The number of nitrogens with zero attached hydrogens (tertiary/aromatic N) is 2. The molecule has 3 heterocycles. The summed E-state index contributed by atoms with van der Waals surface area (Å²) in [4.78, 5) is 60.5. The minimum Gasteiger partial charge on any atom is -0.497 e. The van der Waals surface area contributed by atoms with Gasteiger partial charge in [0.1, 0.15) is 29.5 Å². The molecule has 0 unspecified atom stereocenters. The maximum Gasteiger partial charge on any atom is 0.405 e. The van der Waals surface area contributed by atoms with Crippen molar-refractivity contribution in [2.24, 2.45) is 17.8 Å². The lowest BCUT2D eigenvalue weighted by atomic mass is 9.88. The second kappa shape index (κ2) is 14.7. The summed E-state index contributed by atoms with van der Waals surface area (Å²) >= 11 is 0. The van der Waals surface area contributed by atoms with Crippen LogP contribution in [0.15, 0.2) is 36.4 Å². The first-order valence-corrected chi connectivity index (χ1v) is 19.7. The highest BCUT2D eigenvalue weighted by Crippen LogP contribution is 2.47. The van der Waals surface area contributed by atoms with Crippen molar-refractivity contribution >= 4 is 44.6 Å². The fourth-order valence-electron chi connectivity index (χ4n) is 7.51. The molecular formula is C37H49N5O10S. The summed E-state index contributed by atoms with van der Waals surface area (Å²) < 4.78 is 45.0. The SMILES string of the molecule is CCOc1cc2cc(OC)ccc2c(O[C@@H]2C[C@H]3C(=O)N[C@]4(C(=O)NS(=O)(=O)C5(C)CC5)C[C@H]4/C=C\CC[C@H](C)C[C@@H](C)[C@H](NC(=O)O)C(=O)N3C2)n1. The number of carbonyl (C=O) groups excluding carboxylic acids is 3. The molecular weight excluding hydrogens is 706 g/mol. The Morgan fingerprint density at radius 3 is 2.58 bits per heavy atom. The average molecular weight is 756 g/mol. The van der Waals surface area contributed by atoms with E-state index in [0.29, 0.717) is 49.3 Å². The summed E-state index contributed by atoms with van der Waals surface area (Å²) in [5, 5.41) is 16.4. The predicted molar refractivity (Wildman–Crippen MR) is 194 cm³/mol. The first kappa shape index (κ1) is 38.1. The van der Waals surface area contributed by atoms with Crippen LogP contribution < -0.4 is 29.6 Å². The van der Waals surface area contributed by atoms with Crippen LogP contribution >= 0.6 is 0 Å². The van der Waals surface area contributed by atoms with Crippen molar-refractivity contribution in [2.75, 3.05) is 20.3 Å². The highest BCUT2D eigenvalue weighted by molar-refractivity contribution is 7.91. The third-order valence-electron chi connectivity index (χ3n) is 11.1. The predicted octanol–water partition coefficient (Wildman–Crippen LogP) is 3.51. The zero-order valence-corrected chi connectivity index (χ0v) is 31.5. The van der Waals surface area contributed by atoms with E-state index in [2.05, 4.69) is 20.3 Å². The van der Waals surface area contributed by atoms with Crippen LogP contribution in [0.2, 0.25) is 0 Å². The van der Waals surface area contributed by atoms with Gasteiger partial charge in [0, 0.05) is 23.8 Å². The Balaban J connectivity index is 1.35. The Hall–Kier alpha value is -4.60. The minimum atomic E-state index is -4.01. The zero-order valence-electron chi connectivity index (χ0n) is 30.7. The number of sulfonamides is 1. The minimum absolute atomic E-state index is 0.0189. The average Bonchev–Trinajstić information content (AvgIpc) is 3.98. The number of hydrogen-bond acceptors (Lipinski definition) is 10. The van der Waals surface area contributed by atoms with Crippen LogP contribution in [-0.4, -0.2) is 96.0 Å². The van der Waals surface area contributed by atoms with Gasteiger partial charge in [-0.05, 0) is 87.8 Å². The zero-order chi connectivity index (χ0) is 38.3. The van der Waals surface area contributed by atoms with Crippen LogP contribution in [0, 0.1) is 17.8 Å². The van der Waals surface area contributed by atoms with Crippen molar-refractivity contribution in [2.45, 2.75) is 101 Å². The largest absolute Gasteiger partial charge is 0.497 e. The first-order valence-electron chi connectivity index (χ1n) is 18.2. The summed E-state index contributed by atoms with van der Waals surface area (Å²) in [6, 6.07) is 4.74. The van der Waals surface area contributed by atoms with Crippen LogP contribution in [0.1, 0.15) is 72.6 Å². The topological polar surface area (TPSA) is 203 Å². The van der Waals surface area contributed by atoms with Gasteiger partial charge in [0.2, 0.25) is 33.6 Å². The van der Waals surface area contributed by atoms with Crippen LogP contribution in [0.4, 0.5) is 4.79 Å². The molecule has 2 aromatic rings. The number of aromatic nitrogens is 1. The maximum absolute atomic E-state index is 14.4. The molecule has 1 aromatic carbocycles. The molecule has 4 aliphatic rings. The molecule has 2 aliphatic heterocycles. The fourth-order valence-corrected chi connectivity index (χ4v) is 8.82. The van der Waals surface area contributed by atoms with Gasteiger partial charge < -0.3 is 34.9 Å². The van der Waals surface area contributed by atoms with E-state index in [1.54, 1.807) is 45.2 Å². The van der Waals surface area contributed by atoms with Crippen molar-refractivity contribution in [3.05, 3.63) is 36.4 Å². The van der Waals surface area contributed by atoms with Crippen molar-refractivity contribution in [3.63, 3.8) is 0 Å². The van der Waals surface area contributed by atoms with E-state index in [1.165, 1.54) is 4.90 Å². The van der Waals surface area contributed by atoms with E-state index in [4.69, 9.17) is 14.2 Å². The molecule has 288 valence electrons. The second-order valence-electron chi connectivity index (χ2n) is 15.2. The Kier molecular flexibility index (Phi) is 10.6. The normalized spacial score (nSPS) is 30.4. The van der Waals surface area contributed by atoms with E-state index < -0.39 is 74.1 Å². The van der Waals surface area contributed by atoms with E-state index in [-0.39, 0.29) is 31.2 Å². The number of carbonyl (C=O) groups is 4. The summed E-state index contributed by atoms with van der Waals surface area (Å²) in [5.41, 5.74) is -1.56. The van der Waals surface area contributed by atoms with Crippen molar-refractivity contribution in [3.8, 4) is 17.5 Å². The summed E-state index contributed by atoms with van der Waals surface area (Å²) in [6.07, 6.45) is 4.52. The molecule has 1 saturated heterocycles. The molecule has 2 saturated carbocycles. The molecule has 3 fully saturated rings. The van der Waals surface area contributed by atoms with Gasteiger partial charge in [0.05, 0.1) is 25.0 Å². The van der Waals surface area contributed by atoms with Crippen molar-refractivity contribution < 1.29 is 46.9 Å². The molecule has 53 heavy (non-hydrogen) atoms. The second-order valence-corrected chi connectivity index (χ2v) is 17.4. The maximum atomic E-state index is 14.4. The van der Waals surface area contributed by atoms with Crippen molar-refractivity contribution in [1.82, 2.24) is 25.2 Å². The van der Waals surface area contributed by atoms with E-state index >= 15 is 0 Å². The monoisotopic (exact) mass is 755 g/mol. The van der Waals surface area contributed by atoms with Crippen LogP contribution in [0.3, 0.4) is 0 Å². The fraction of sp³-hybridized carbons (Fsp3) is 0.595. The quantitative estimate of drug-likeness (QED) is 0.273. The number of benzene rings is 1. The smallest absolute Gasteiger partial charge is 0.405 e. The summed E-state index contributed by atoms with van der Waals surface area (Å²) in [6.45, 7) is 7.48. The van der Waals surface area contributed by atoms with Crippen molar-refractivity contribution in [1.29, 1.82) is 0 Å². The van der Waals surface area contributed by atoms with E-state index in [1.807, 2.05) is 26.0 Å². The van der Waals surface area contributed by atoms with E-state index in [9.17, 15) is 32.7 Å². The molecule has 0 bridgehead atoms. The van der Waals surface area contributed by atoms with Gasteiger partial charge in [0.25, 0.3) is 5.91 Å². The Morgan fingerprint density at radius 1 is 1.15 bits per heavy atom. The van der Waals surface area contributed by atoms with Crippen LogP contribution in [0.5, 0.6) is 17.5 Å². The summed E-state index contributed by atoms with van der Waals surface area (Å²) in [7, 11) is -2.46.